The summed E-state index contributed by atoms with van der Waals surface area (Å²) in [6, 6.07) is 2.10. The average Bonchev–Trinajstić information content (AvgIpc) is 2.42. The van der Waals surface area contributed by atoms with Crippen molar-refractivity contribution < 1.29 is 0 Å². The average molecular weight is 146 g/mol. The standard InChI is InChI=1S/C5H4ClNS/c6-5(8)4-1-3(4)2-7/h3-4H,1H2/t3-,4-/m0/s1. The van der Waals surface area contributed by atoms with Crippen LogP contribution in [-0.4, -0.2) is 4.32 Å². The Morgan fingerprint density at radius 1 is 1.88 bits per heavy atom. The van der Waals surface area contributed by atoms with E-state index in [1.165, 1.54) is 0 Å². The van der Waals surface area contributed by atoms with Crippen molar-refractivity contribution in [2.45, 2.75) is 6.42 Å². The second kappa shape index (κ2) is 2.00. The Kier molecular flexibility index (Phi) is 1.50. The molecule has 8 heavy (non-hydrogen) atoms. The van der Waals surface area contributed by atoms with Gasteiger partial charge in [-0.05, 0) is 6.42 Å². The molecule has 1 rings (SSSR count). The van der Waals surface area contributed by atoms with E-state index in [1.54, 1.807) is 0 Å². The third-order valence-corrected chi connectivity index (χ3v) is 1.83. The van der Waals surface area contributed by atoms with Gasteiger partial charge in [-0.15, -0.1) is 0 Å². The molecular weight excluding hydrogens is 142 g/mol. The Balaban J connectivity index is 2.40. The van der Waals surface area contributed by atoms with Crippen molar-refractivity contribution in [3.8, 4) is 6.07 Å². The highest BCUT2D eigenvalue weighted by molar-refractivity contribution is 7.83. The summed E-state index contributed by atoms with van der Waals surface area (Å²) in [6.45, 7) is 0. The molecule has 1 aliphatic carbocycles. The molecule has 1 saturated carbocycles. The van der Waals surface area contributed by atoms with E-state index < -0.39 is 0 Å². The Morgan fingerprint density at radius 2 is 2.50 bits per heavy atom. The highest BCUT2D eigenvalue weighted by Crippen LogP contribution is 2.39. The summed E-state index contributed by atoms with van der Waals surface area (Å²) in [5.41, 5.74) is 0. The fraction of sp³-hybridized carbons (Fsp3) is 0.600. The molecule has 0 saturated heterocycles. The van der Waals surface area contributed by atoms with E-state index in [0.29, 0.717) is 4.32 Å². The second-order valence-electron chi connectivity index (χ2n) is 1.88. The molecule has 42 valence electrons. The predicted molar refractivity (Wildman–Crippen MR) is 35.7 cm³/mol. The van der Waals surface area contributed by atoms with Crippen molar-refractivity contribution in [3.63, 3.8) is 0 Å². The van der Waals surface area contributed by atoms with Crippen molar-refractivity contribution in [2.24, 2.45) is 11.8 Å². The summed E-state index contributed by atoms with van der Waals surface area (Å²) in [5.74, 6) is 0.344. The van der Waals surface area contributed by atoms with Crippen molar-refractivity contribution >= 4 is 28.1 Å². The fourth-order valence-electron chi connectivity index (χ4n) is 0.589. The summed E-state index contributed by atoms with van der Waals surface area (Å²) in [5, 5.41) is 8.26. The molecule has 0 aliphatic heterocycles. The van der Waals surface area contributed by atoms with E-state index >= 15 is 0 Å². The Morgan fingerprint density at radius 3 is 2.62 bits per heavy atom. The summed E-state index contributed by atoms with van der Waals surface area (Å²) in [6.07, 6.45) is 0.874. The van der Waals surface area contributed by atoms with Crippen LogP contribution in [0.5, 0.6) is 0 Å². The van der Waals surface area contributed by atoms with Crippen LogP contribution in [0.1, 0.15) is 6.42 Å². The number of hydrogen-bond donors (Lipinski definition) is 0. The lowest BCUT2D eigenvalue weighted by atomic mass is 10.4. The van der Waals surface area contributed by atoms with Gasteiger partial charge in [0.2, 0.25) is 0 Å². The van der Waals surface area contributed by atoms with Gasteiger partial charge in [0.1, 0.15) is 0 Å². The number of nitrogens with zero attached hydrogens (tertiary/aromatic N) is 1. The van der Waals surface area contributed by atoms with Crippen LogP contribution in [0.4, 0.5) is 0 Å². The smallest absolute Gasteiger partial charge is 0.0853 e. The Hall–Kier alpha value is -0.130. The van der Waals surface area contributed by atoms with E-state index in [1.807, 2.05) is 0 Å². The van der Waals surface area contributed by atoms with Crippen molar-refractivity contribution in [1.82, 2.24) is 0 Å². The molecule has 0 bridgehead atoms. The molecular formula is C5H4ClNS. The van der Waals surface area contributed by atoms with E-state index in [4.69, 9.17) is 16.9 Å². The molecule has 1 fully saturated rings. The molecule has 0 spiro atoms. The Bertz CT molecular complexity index is 160. The molecule has 1 aliphatic rings. The van der Waals surface area contributed by atoms with Gasteiger partial charge in [-0.25, -0.2) is 0 Å². The van der Waals surface area contributed by atoms with Gasteiger partial charge in [-0.1, -0.05) is 23.8 Å². The molecule has 0 unspecified atom stereocenters. The van der Waals surface area contributed by atoms with E-state index in [2.05, 4.69) is 18.3 Å². The maximum atomic E-state index is 8.26. The minimum atomic E-state index is 0.125. The zero-order chi connectivity index (χ0) is 6.15. The quantitative estimate of drug-likeness (QED) is 0.414. The third-order valence-electron chi connectivity index (χ3n) is 1.25. The summed E-state index contributed by atoms with van der Waals surface area (Å²) in [4.78, 5) is 0. The van der Waals surface area contributed by atoms with Gasteiger partial charge in [0.05, 0.1) is 16.3 Å². The zero-order valence-corrected chi connectivity index (χ0v) is 5.67. The van der Waals surface area contributed by atoms with Crippen LogP contribution in [0.15, 0.2) is 0 Å². The minimum absolute atomic E-state index is 0.125. The zero-order valence-electron chi connectivity index (χ0n) is 4.10. The molecule has 2 atom stereocenters. The molecule has 3 heteroatoms. The predicted octanol–water partition coefficient (Wildman–Crippen LogP) is 1.71. The van der Waals surface area contributed by atoms with Crippen LogP contribution in [0.3, 0.4) is 0 Å². The monoisotopic (exact) mass is 145 g/mol. The van der Waals surface area contributed by atoms with Crippen LogP contribution >= 0.6 is 23.8 Å². The maximum Gasteiger partial charge on any atom is 0.0853 e. The van der Waals surface area contributed by atoms with E-state index in [0.717, 1.165) is 6.42 Å². The number of hydrogen-bond acceptors (Lipinski definition) is 2. The van der Waals surface area contributed by atoms with E-state index in [-0.39, 0.29) is 11.8 Å². The second-order valence-corrected chi connectivity index (χ2v) is 2.95. The van der Waals surface area contributed by atoms with Crippen LogP contribution in [0.25, 0.3) is 0 Å². The van der Waals surface area contributed by atoms with Crippen LogP contribution in [0.2, 0.25) is 0 Å². The molecule has 0 heterocycles. The normalized spacial score (nSPS) is 33.5. The Labute approximate surface area is 58.2 Å². The largest absolute Gasteiger partial charge is 0.198 e. The van der Waals surface area contributed by atoms with Gasteiger partial charge in [0.15, 0.2) is 0 Å². The maximum absolute atomic E-state index is 8.26. The molecule has 0 N–H and O–H groups in total. The van der Waals surface area contributed by atoms with Gasteiger partial charge in [0.25, 0.3) is 0 Å². The topological polar surface area (TPSA) is 23.8 Å². The molecule has 0 aromatic carbocycles. The summed E-state index contributed by atoms with van der Waals surface area (Å²) >= 11 is 10.1. The lowest BCUT2D eigenvalue weighted by Gasteiger charge is -1.80. The first kappa shape index (κ1) is 6.00. The van der Waals surface area contributed by atoms with E-state index in [9.17, 15) is 0 Å². The number of halogens is 1. The lowest BCUT2D eigenvalue weighted by Crippen LogP contribution is -1.85. The first-order valence-corrected chi connectivity index (χ1v) is 3.13. The van der Waals surface area contributed by atoms with Crippen molar-refractivity contribution in [3.05, 3.63) is 0 Å². The third kappa shape index (κ3) is 0.988. The fourth-order valence-corrected chi connectivity index (χ4v) is 1.09. The van der Waals surface area contributed by atoms with Crippen molar-refractivity contribution in [2.75, 3.05) is 0 Å². The SMILES string of the molecule is N#C[C@@H]1C[C@@H]1C(=S)Cl. The van der Waals surface area contributed by atoms with Gasteiger partial charge < -0.3 is 0 Å². The molecule has 1 nitrogen and oxygen atoms in total. The minimum Gasteiger partial charge on any atom is -0.198 e. The van der Waals surface area contributed by atoms with Gasteiger partial charge in [0, 0.05) is 5.92 Å². The first-order chi connectivity index (χ1) is 3.75. The van der Waals surface area contributed by atoms with Gasteiger partial charge in [-0.3, -0.25) is 0 Å². The molecule has 0 aromatic rings. The molecule has 0 aromatic heterocycles. The van der Waals surface area contributed by atoms with Crippen LogP contribution in [0, 0.1) is 23.2 Å². The highest BCUT2D eigenvalue weighted by atomic mass is 35.5. The van der Waals surface area contributed by atoms with Gasteiger partial charge >= 0.3 is 0 Å². The first-order valence-electron chi connectivity index (χ1n) is 2.34. The number of rotatable bonds is 1. The number of thiocarbonyl (C=S) groups is 1. The lowest BCUT2D eigenvalue weighted by molar-refractivity contribution is 1.07. The summed E-state index contributed by atoms with van der Waals surface area (Å²) in [7, 11) is 0. The highest BCUT2D eigenvalue weighted by Gasteiger charge is 2.39. The molecule has 0 radical (unpaired) electrons. The summed E-state index contributed by atoms with van der Waals surface area (Å²) < 4.78 is 0.469. The number of nitriles is 1. The van der Waals surface area contributed by atoms with Crippen molar-refractivity contribution in [1.29, 1.82) is 5.26 Å². The van der Waals surface area contributed by atoms with Crippen LogP contribution < -0.4 is 0 Å². The van der Waals surface area contributed by atoms with Crippen LogP contribution in [-0.2, 0) is 0 Å². The van der Waals surface area contributed by atoms with Gasteiger partial charge in [-0.2, -0.15) is 5.26 Å². The molecule has 0 amide bonds.